The molecule has 2 saturated heterocycles. The average Bonchev–Trinajstić information content (AvgIpc) is 2.92. The summed E-state index contributed by atoms with van der Waals surface area (Å²) in [5, 5.41) is 0.108. The van der Waals surface area contributed by atoms with E-state index in [1.165, 1.54) is 12.8 Å². The van der Waals surface area contributed by atoms with E-state index in [-0.39, 0.29) is 42.0 Å². The van der Waals surface area contributed by atoms with Crippen molar-refractivity contribution in [3.63, 3.8) is 0 Å². The van der Waals surface area contributed by atoms with Crippen LogP contribution < -0.4 is 0 Å². The van der Waals surface area contributed by atoms with Crippen LogP contribution in [0, 0.1) is 17.8 Å². The molecule has 0 radical (unpaired) electrons. The van der Waals surface area contributed by atoms with Gasteiger partial charge in [-0.25, -0.2) is 0 Å². The number of hydrogen-bond donors (Lipinski definition) is 0. The summed E-state index contributed by atoms with van der Waals surface area (Å²) in [7, 11) is -0.254. The average molecular weight is 346 g/mol. The second-order valence-electron chi connectivity index (χ2n) is 11.2. The Morgan fingerprint density at radius 2 is 1.04 bits per heavy atom. The highest BCUT2D eigenvalue weighted by atomic mass is 16.7. The zero-order valence-electron chi connectivity index (χ0n) is 17.0. The molecule has 4 nitrogen and oxygen atoms in total. The van der Waals surface area contributed by atoms with Crippen molar-refractivity contribution < 1.29 is 18.6 Å². The second kappa shape index (κ2) is 4.34. The molecule has 0 N–H and O–H groups in total. The van der Waals surface area contributed by atoms with E-state index in [2.05, 4.69) is 55.4 Å². The molecule has 0 aromatic rings. The monoisotopic (exact) mass is 346 g/mol. The van der Waals surface area contributed by atoms with Crippen LogP contribution in [0.1, 0.15) is 68.2 Å². The molecule has 6 rings (SSSR count). The quantitative estimate of drug-likeness (QED) is 0.710. The zero-order valence-corrected chi connectivity index (χ0v) is 17.0. The fraction of sp³-hybridized carbons (Fsp3) is 1.00. The summed E-state index contributed by atoms with van der Waals surface area (Å²) in [5.41, 5.74) is -1.08. The molecular formula is C19H32B2O4. The van der Waals surface area contributed by atoms with Gasteiger partial charge in [0.25, 0.3) is 0 Å². The molecule has 4 bridgehead atoms. The molecule has 25 heavy (non-hydrogen) atoms. The van der Waals surface area contributed by atoms with Gasteiger partial charge >= 0.3 is 14.2 Å². The fourth-order valence-corrected chi connectivity index (χ4v) is 6.32. The fourth-order valence-electron chi connectivity index (χ4n) is 6.32. The summed E-state index contributed by atoms with van der Waals surface area (Å²) in [4.78, 5) is 0. The van der Waals surface area contributed by atoms with Crippen molar-refractivity contribution in [1.82, 2.24) is 0 Å². The van der Waals surface area contributed by atoms with Crippen LogP contribution in [0.2, 0.25) is 11.1 Å². The van der Waals surface area contributed by atoms with Gasteiger partial charge in [0.1, 0.15) is 0 Å². The van der Waals surface area contributed by atoms with Crippen molar-refractivity contribution in [2.45, 2.75) is 102 Å². The highest BCUT2D eigenvalue weighted by Gasteiger charge is 2.88. The molecule has 0 amide bonds. The summed E-state index contributed by atoms with van der Waals surface area (Å²) >= 11 is 0. The third-order valence-corrected chi connectivity index (χ3v) is 9.09. The Morgan fingerprint density at radius 3 is 1.48 bits per heavy atom. The SMILES string of the molecule is CC1(C)OB(C2C3CC4C(C3)C42B2OC(C)(C)C(C)(C)O2)OC1(C)C. The molecule has 138 valence electrons. The Balaban J connectivity index is 1.47. The third kappa shape index (κ3) is 1.81. The zero-order chi connectivity index (χ0) is 18.2. The Labute approximate surface area is 153 Å². The standard InChI is InChI=1S/C19H32B2O4/c1-15(2)16(3,4)23-20(22-15)14-11-9-12-13(10-11)19(12,14)21-24-17(5,6)18(7,8)25-21/h11-14H,9-10H2,1-8H3. The molecule has 0 aromatic heterocycles. The lowest BCUT2D eigenvalue weighted by Crippen LogP contribution is -2.41. The highest BCUT2D eigenvalue weighted by molar-refractivity contribution is 6.58. The van der Waals surface area contributed by atoms with E-state index in [1.807, 2.05) is 0 Å². The Kier molecular flexibility index (Phi) is 2.97. The summed E-state index contributed by atoms with van der Waals surface area (Å²) in [6.45, 7) is 17.2. The van der Waals surface area contributed by atoms with Crippen LogP contribution in [0.3, 0.4) is 0 Å². The summed E-state index contributed by atoms with van der Waals surface area (Å²) in [6.07, 6.45) is 2.59. The van der Waals surface area contributed by atoms with E-state index in [4.69, 9.17) is 18.6 Å². The molecular weight excluding hydrogens is 314 g/mol. The predicted molar refractivity (Wildman–Crippen MR) is 98.3 cm³/mol. The molecule has 0 aromatic carbocycles. The molecule has 4 aliphatic carbocycles. The molecule has 3 unspecified atom stereocenters. The van der Waals surface area contributed by atoms with Gasteiger partial charge in [-0.05, 0) is 86.0 Å². The van der Waals surface area contributed by atoms with Gasteiger partial charge in [0.2, 0.25) is 0 Å². The second-order valence-corrected chi connectivity index (χ2v) is 11.2. The van der Waals surface area contributed by atoms with Gasteiger partial charge in [-0.3, -0.25) is 0 Å². The van der Waals surface area contributed by atoms with Crippen LogP contribution in [0.25, 0.3) is 0 Å². The summed E-state index contributed by atoms with van der Waals surface area (Å²) in [5.74, 6) is 2.56. The first-order chi connectivity index (χ1) is 11.3. The minimum Gasteiger partial charge on any atom is -0.403 e. The molecule has 4 saturated carbocycles. The molecule has 2 aliphatic heterocycles. The maximum Gasteiger partial charge on any atom is 0.464 e. The van der Waals surface area contributed by atoms with E-state index >= 15 is 0 Å². The maximum atomic E-state index is 6.55. The largest absolute Gasteiger partial charge is 0.464 e. The first kappa shape index (κ1) is 17.1. The van der Waals surface area contributed by atoms with Gasteiger partial charge < -0.3 is 18.6 Å². The first-order valence-electron chi connectivity index (χ1n) is 10.0. The van der Waals surface area contributed by atoms with Crippen molar-refractivity contribution in [1.29, 1.82) is 0 Å². The van der Waals surface area contributed by atoms with Gasteiger partial charge in [-0.1, -0.05) is 0 Å². The molecule has 2 heterocycles. The predicted octanol–water partition coefficient (Wildman–Crippen LogP) is 3.95. The van der Waals surface area contributed by atoms with Gasteiger partial charge in [0, 0.05) is 11.1 Å². The minimum absolute atomic E-state index is 0.108. The Bertz CT molecular complexity index is 585. The van der Waals surface area contributed by atoms with Crippen molar-refractivity contribution in [3.05, 3.63) is 0 Å². The van der Waals surface area contributed by atoms with Crippen molar-refractivity contribution in [3.8, 4) is 0 Å². The lowest BCUT2D eigenvalue weighted by Gasteiger charge is -2.32. The van der Waals surface area contributed by atoms with E-state index in [0.29, 0.717) is 11.7 Å². The van der Waals surface area contributed by atoms with Crippen LogP contribution >= 0.6 is 0 Å². The van der Waals surface area contributed by atoms with Gasteiger partial charge in [0.05, 0.1) is 22.4 Å². The van der Waals surface area contributed by atoms with E-state index in [9.17, 15) is 0 Å². The number of rotatable bonds is 2. The van der Waals surface area contributed by atoms with Gasteiger partial charge in [0.15, 0.2) is 0 Å². The summed E-state index contributed by atoms with van der Waals surface area (Å²) in [6, 6.07) is 0. The van der Waals surface area contributed by atoms with Crippen LogP contribution in [0.4, 0.5) is 0 Å². The first-order valence-corrected chi connectivity index (χ1v) is 10.0. The van der Waals surface area contributed by atoms with E-state index in [0.717, 1.165) is 11.8 Å². The van der Waals surface area contributed by atoms with Gasteiger partial charge in [-0.15, -0.1) is 0 Å². The van der Waals surface area contributed by atoms with Gasteiger partial charge in [-0.2, -0.15) is 0 Å². The Morgan fingerprint density at radius 1 is 0.640 bits per heavy atom. The smallest absolute Gasteiger partial charge is 0.403 e. The Hall–Kier alpha value is -0.0301. The van der Waals surface area contributed by atoms with Crippen molar-refractivity contribution in [2.75, 3.05) is 0 Å². The normalized spacial score (nSPS) is 49.9. The lowest BCUT2D eigenvalue weighted by molar-refractivity contribution is 0.00578. The summed E-state index contributed by atoms with van der Waals surface area (Å²) < 4.78 is 26.1. The third-order valence-electron chi connectivity index (χ3n) is 9.09. The topological polar surface area (TPSA) is 36.9 Å². The maximum absolute atomic E-state index is 6.55. The van der Waals surface area contributed by atoms with E-state index < -0.39 is 0 Å². The lowest BCUT2D eigenvalue weighted by atomic mass is 9.50. The molecule has 3 atom stereocenters. The van der Waals surface area contributed by atoms with Crippen LogP contribution in [-0.2, 0) is 18.6 Å². The van der Waals surface area contributed by atoms with Crippen molar-refractivity contribution in [2.24, 2.45) is 17.8 Å². The molecule has 6 heteroatoms. The van der Waals surface area contributed by atoms with E-state index in [1.54, 1.807) is 0 Å². The molecule has 6 aliphatic rings. The molecule has 0 spiro atoms. The van der Waals surface area contributed by atoms with Crippen LogP contribution in [0.5, 0.6) is 0 Å². The molecule has 6 fully saturated rings. The minimum atomic E-state index is -0.272. The van der Waals surface area contributed by atoms with Crippen molar-refractivity contribution >= 4 is 14.2 Å². The number of hydrogen-bond acceptors (Lipinski definition) is 4. The van der Waals surface area contributed by atoms with Crippen LogP contribution in [-0.4, -0.2) is 36.6 Å². The van der Waals surface area contributed by atoms with Crippen LogP contribution in [0.15, 0.2) is 0 Å². The highest BCUT2D eigenvalue weighted by Crippen LogP contribution is 2.91.